The van der Waals surface area contributed by atoms with E-state index in [1.165, 1.54) is 0 Å². The maximum Gasteiger partial charge on any atom is 0.129 e. The molecule has 2 heterocycles. The van der Waals surface area contributed by atoms with Gasteiger partial charge < -0.3 is 19.8 Å². The van der Waals surface area contributed by atoms with Gasteiger partial charge in [0.1, 0.15) is 5.82 Å². The summed E-state index contributed by atoms with van der Waals surface area (Å²) in [6, 6.07) is 5.47. The quantitative estimate of drug-likeness (QED) is 0.742. The van der Waals surface area contributed by atoms with E-state index in [1.54, 1.807) is 6.07 Å². The van der Waals surface area contributed by atoms with Crippen molar-refractivity contribution in [2.75, 3.05) is 31.3 Å². The normalized spacial score (nSPS) is 21.1. The van der Waals surface area contributed by atoms with Crippen molar-refractivity contribution in [2.45, 2.75) is 12.6 Å². The van der Waals surface area contributed by atoms with Crippen LogP contribution in [0.2, 0.25) is 0 Å². The molecule has 1 atom stereocenters. The molecule has 0 bridgehead atoms. The Balaban J connectivity index is 2.20. The van der Waals surface area contributed by atoms with E-state index in [9.17, 15) is 5.11 Å². The lowest BCUT2D eigenvalue weighted by molar-refractivity contribution is 0.0722. The minimum absolute atomic E-state index is 0.0461. The molecule has 0 aromatic carbocycles. The van der Waals surface area contributed by atoms with E-state index in [-0.39, 0.29) is 19.3 Å². The third kappa shape index (κ3) is 2.32. The third-order valence-electron chi connectivity index (χ3n) is 2.69. The van der Waals surface area contributed by atoms with E-state index in [0.717, 1.165) is 5.82 Å². The summed E-state index contributed by atoms with van der Waals surface area (Å²) in [5.74, 6) is 0.786. The van der Waals surface area contributed by atoms with Gasteiger partial charge in [-0.15, -0.1) is 0 Å². The molecule has 1 aromatic heterocycles. The van der Waals surface area contributed by atoms with Crippen LogP contribution in [0.5, 0.6) is 0 Å². The largest absolute Gasteiger partial charge is 0.394 e. The fourth-order valence-electron chi connectivity index (χ4n) is 1.82. The van der Waals surface area contributed by atoms with Gasteiger partial charge in [0.15, 0.2) is 0 Å². The van der Waals surface area contributed by atoms with Crippen molar-refractivity contribution in [3.63, 3.8) is 0 Å². The van der Waals surface area contributed by atoms with Gasteiger partial charge in [0.2, 0.25) is 0 Å². The van der Waals surface area contributed by atoms with Crippen LogP contribution in [-0.4, -0.2) is 47.6 Å². The van der Waals surface area contributed by atoms with Crippen LogP contribution >= 0.6 is 0 Å². The van der Waals surface area contributed by atoms with Gasteiger partial charge in [-0.05, 0) is 12.1 Å². The zero-order chi connectivity index (χ0) is 11.4. The number of pyridine rings is 1. The summed E-state index contributed by atoms with van der Waals surface area (Å²) in [5, 5.41) is 18.3. The summed E-state index contributed by atoms with van der Waals surface area (Å²) in [7, 11) is 0. The summed E-state index contributed by atoms with van der Waals surface area (Å²) >= 11 is 0. The van der Waals surface area contributed by atoms with Crippen molar-refractivity contribution in [1.82, 2.24) is 4.98 Å². The molecule has 5 heteroatoms. The maximum absolute atomic E-state index is 9.25. The fourth-order valence-corrected chi connectivity index (χ4v) is 1.82. The molecule has 16 heavy (non-hydrogen) atoms. The standard InChI is InChI=1S/C11H16N2O3/c14-6-9-2-1-3-11(12-9)13-4-5-16-8-10(13)7-15/h1-3,10,14-15H,4-8H2. The Morgan fingerprint density at radius 2 is 2.31 bits per heavy atom. The van der Waals surface area contributed by atoms with Crippen molar-refractivity contribution in [3.05, 3.63) is 23.9 Å². The van der Waals surface area contributed by atoms with Gasteiger partial charge in [0, 0.05) is 6.54 Å². The summed E-state index contributed by atoms with van der Waals surface area (Å²) in [6.07, 6.45) is 0. The third-order valence-corrected chi connectivity index (χ3v) is 2.69. The first-order valence-electron chi connectivity index (χ1n) is 5.37. The van der Waals surface area contributed by atoms with Crippen LogP contribution in [0.15, 0.2) is 18.2 Å². The number of rotatable bonds is 3. The molecule has 1 saturated heterocycles. The lowest BCUT2D eigenvalue weighted by Gasteiger charge is -2.35. The fraction of sp³-hybridized carbons (Fsp3) is 0.545. The van der Waals surface area contributed by atoms with Crippen LogP contribution < -0.4 is 4.90 Å². The number of hydrogen-bond acceptors (Lipinski definition) is 5. The van der Waals surface area contributed by atoms with E-state index in [1.807, 2.05) is 17.0 Å². The van der Waals surface area contributed by atoms with Gasteiger partial charge in [-0.1, -0.05) is 6.07 Å². The van der Waals surface area contributed by atoms with Crippen LogP contribution in [0, 0.1) is 0 Å². The number of nitrogens with zero attached hydrogens (tertiary/aromatic N) is 2. The number of ether oxygens (including phenoxy) is 1. The molecule has 1 unspecified atom stereocenters. The van der Waals surface area contributed by atoms with E-state index in [4.69, 9.17) is 9.84 Å². The van der Waals surface area contributed by atoms with Crippen molar-refractivity contribution in [2.24, 2.45) is 0 Å². The molecular weight excluding hydrogens is 208 g/mol. The summed E-state index contributed by atoms with van der Waals surface area (Å²) in [4.78, 5) is 6.34. The Morgan fingerprint density at radius 3 is 3.06 bits per heavy atom. The molecule has 0 spiro atoms. The lowest BCUT2D eigenvalue weighted by atomic mass is 10.2. The van der Waals surface area contributed by atoms with Gasteiger partial charge in [-0.2, -0.15) is 0 Å². The summed E-state index contributed by atoms with van der Waals surface area (Å²) < 4.78 is 5.30. The van der Waals surface area contributed by atoms with Gasteiger partial charge >= 0.3 is 0 Å². The predicted molar refractivity (Wildman–Crippen MR) is 59.2 cm³/mol. The van der Waals surface area contributed by atoms with Gasteiger partial charge in [0.05, 0.1) is 38.2 Å². The topological polar surface area (TPSA) is 65.8 Å². The molecule has 2 N–H and O–H groups in total. The first kappa shape index (κ1) is 11.3. The molecule has 0 aliphatic carbocycles. The number of aliphatic hydroxyl groups excluding tert-OH is 2. The van der Waals surface area contributed by atoms with Gasteiger partial charge in [-0.25, -0.2) is 4.98 Å². The predicted octanol–water partition coefficient (Wildman–Crippen LogP) is -0.229. The number of hydrogen-bond donors (Lipinski definition) is 2. The van der Waals surface area contributed by atoms with Crippen molar-refractivity contribution in [1.29, 1.82) is 0 Å². The van der Waals surface area contributed by atoms with Gasteiger partial charge in [0.25, 0.3) is 0 Å². The average Bonchev–Trinajstić information content (AvgIpc) is 2.38. The van der Waals surface area contributed by atoms with Crippen molar-refractivity contribution < 1.29 is 14.9 Å². The molecule has 1 aromatic rings. The number of aliphatic hydroxyl groups is 2. The zero-order valence-electron chi connectivity index (χ0n) is 9.04. The molecule has 1 fully saturated rings. The second-order valence-electron chi connectivity index (χ2n) is 3.75. The highest BCUT2D eigenvalue weighted by molar-refractivity contribution is 5.41. The molecule has 88 valence electrons. The Labute approximate surface area is 94.3 Å². The lowest BCUT2D eigenvalue weighted by Crippen LogP contribution is -2.48. The molecule has 0 radical (unpaired) electrons. The molecule has 1 aliphatic rings. The van der Waals surface area contributed by atoms with Crippen molar-refractivity contribution >= 4 is 5.82 Å². The second kappa shape index (κ2) is 5.25. The van der Waals surface area contributed by atoms with Crippen LogP contribution in [-0.2, 0) is 11.3 Å². The zero-order valence-corrected chi connectivity index (χ0v) is 9.04. The van der Waals surface area contributed by atoms with E-state index >= 15 is 0 Å². The van der Waals surface area contributed by atoms with Crippen LogP contribution in [0.1, 0.15) is 5.69 Å². The van der Waals surface area contributed by atoms with Gasteiger partial charge in [-0.3, -0.25) is 0 Å². The van der Waals surface area contributed by atoms with Crippen LogP contribution in [0.3, 0.4) is 0 Å². The SMILES string of the molecule is OCc1cccc(N2CCOCC2CO)n1. The highest BCUT2D eigenvalue weighted by atomic mass is 16.5. The van der Waals surface area contributed by atoms with E-state index < -0.39 is 0 Å². The van der Waals surface area contributed by atoms with Crippen LogP contribution in [0.25, 0.3) is 0 Å². The number of morpholine rings is 1. The monoisotopic (exact) mass is 224 g/mol. The molecule has 5 nitrogen and oxygen atoms in total. The Bertz CT molecular complexity index is 346. The molecule has 0 amide bonds. The smallest absolute Gasteiger partial charge is 0.129 e. The van der Waals surface area contributed by atoms with Crippen molar-refractivity contribution in [3.8, 4) is 0 Å². The second-order valence-corrected chi connectivity index (χ2v) is 3.75. The summed E-state index contributed by atoms with van der Waals surface area (Å²) in [5.41, 5.74) is 0.640. The number of aromatic nitrogens is 1. The summed E-state index contributed by atoms with van der Waals surface area (Å²) in [6.45, 7) is 1.85. The highest BCUT2D eigenvalue weighted by Crippen LogP contribution is 2.17. The maximum atomic E-state index is 9.25. The highest BCUT2D eigenvalue weighted by Gasteiger charge is 2.23. The van der Waals surface area contributed by atoms with E-state index in [2.05, 4.69) is 4.98 Å². The first-order chi connectivity index (χ1) is 7.85. The Morgan fingerprint density at radius 1 is 1.44 bits per heavy atom. The van der Waals surface area contributed by atoms with Crippen LogP contribution in [0.4, 0.5) is 5.82 Å². The molecule has 2 rings (SSSR count). The molecule has 1 aliphatic heterocycles. The minimum Gasteiger partial charge on any atom is -0.394 e. The average molecular weight is 224 g/mol. The minimum atomic E-state index is -0.0675. The number of anilines is 1. The first-order valence-corrected chi connectivity index (χ1v) is 5.37. The molecular formula is C11H16N2O3. The Hall–Kier alpha value is -1.17. The molecule has 0 saturated carbocycles. The van der Waals surface area contributed by atoms with E-state index in [0.29, 0.717) is 25.5 Å². The Kier molecular flexibility index (Phi) is 3.71.